The first-order valence-corrected chi connectivity index (χ1v) is 7.21. The molecule has 0 aliphatic carbocycles. The minimum Gasteiger partial charge on any atom is -0.598 e. The molecular formula is C14H20N2OS. The van der Waals surface area contributed by atoms with Crippen LogP contribution in [0.2, 0.25) is 0 Å². The third kappa shape index (κ3) is 4.02. The summed E-state index contributed by atoms with van der Waals surface area (Å²) in [6.45, 7) is 7.86. The maximum Gasteiger partial charge on any atom is 0.136 e. The number of hydrogen-bond donors (Lipinski definition) is 1. The minimum atomic E-state index is -1.11. The molecular weight excluding hydrogens is 244 g/mol. The predicted molar refractivity (Wildman–Crippen MR) is 75.2 cm³/mol. The molecule has 2 unspecified atom stereocenters. The minimum absolute atomic E-state index is 0.0124. The van der Waals surface area contributed by atoms with E-state index in [9.17, 15) is 4.55 Å². The molecule has 0 radical (unpaired) electrons. The number of nitrogens with zero attached hydrogens (tertiary/aromatic N) is 1. The van der Waals surface area contributed by atoms with Crippen LogP contribution in [0.3, 0.4) is 0 Å². The van der Waals surface area contributed by atoms with Crippen molar-refractivity contribution in [1.82, 2.24) is 4.72 Å². The van der Waals surface area contributed by atoms with E-state index < -0.39 is 11.4 Å². The van der Waals surface area contributed by atoms with E-state index in [1.807, 2.05) is 45.9 Å². The fourth-order valence-electron chi connectivity index (χ4n) is 1.52. The third-order valence-corrected chi connectivity index (χ3v) is 4.24. The Hall–Kier alpha value is -1.02. The number of benzene rings is 1. The van der Waals surface area contributed by atoms with E-state index in [1.54, 1.807) is 6.07 Å². The largest absolute Gasteiger partial charge is 0.598 e. The number of hydrogen-bond acceptors (Lipinski definition) is 3. The smallest absolute Gasteiger partial charge is 0.136 e. The Bertz CT molecular complexity index is 434. The molecule has 1 N–H and O–H groups in total. The third-order valence-electron chi connectivity index (χ3n) is 2.63. The summed E-state index contributed by atoms with van der Waals surface area (Å²) in [7, 11) is 0. The molecule has 98 valence electrons. The zero-order valence-corrected chi connectivity index (χ0v) is 12.2. The van der Waals surface area contributed by atoms with Gasteiger partial charge in [-0.15, -0.1) is 4.72 Å². The van der Waals surface area contributed by atoms with Crippen LogP contribution in [0.4, 0.5) is 0 Å². The molecule has 2 atom stereocenters. The van der Waals surface area contributed by atoms with Gasteiger partial charge < -0.3 is 4.55 Å². The topological polar surface area (TPSA) is 58.9 Å². The Morgan fingerprint density at radius 2 is 2.11 bits per heavy atom. The summed E-state index contributed by atoms with van der Waals surface area (Å²) in [5.74, 6) is 0. The van der Waals surface area contributed by atoms with E-state index in [2.05, 4.69) is 10.8 Å². The second-order valence-electron chi connectivity index (χ2n) is 5.20. The average molecular weight is 264 g/mol. The van der Waals surface area contributed by atoms with Crippen LogP contribution in [0.1, 0.15) is 51.3 Å². The first-order valence-electron chi connectivity index (χ1n) is 6.06. The lowest BCUT2D eigenvalue weighted by atomic mass is 10.0. The van der Waals surface area contributed by atoms with Crippen LogP contribution >= 0.6 is 0 Å². The first-order chi connectivity index (χ1) is 8.38. The van der Waals surface area contributed by atoms with Crippen LogP contribution in [0.5, 0.6) is 0 Å². The van der Waals surface area contributed by atoms with Gasteiger partial charge in [-0.1, -0.05) is 19.1 Å². The van der Waals surface area contributed by atoms with Crippen molar-refractivity contribution >= 4 is 11.4 Å². The van der Waals surface area contributed by atoms with E-state index in [4.69, 9.17) is 5.26 Å². The summed E-state index contributed by atoms with van der Waals surface area (Å²) < 4.78 is 14.9. The van der Waals surface area contributed by atoms with E-state index in [-0.39, 0.29) is 10.8 Å². The van der Waals surface area contributed by atoms with Gasteiger partial charge in [0.15, 0.2) is 0 Å². The van der Waals surface area contributed by atoms with Crippen molar-refractivity contribution in [3.05, 3.63) is 35.4 Å². The van der Waals surface area contributed by atoms with Gasteiger partial charge in [-0.05, 0) is 44.9 Å². The van der Waals surface area contributed by atoms with Gasteiger partial charge in [0.25, 0.3) is 0 Å². The predicted octanol–water partition coefficient (Wildman–Crippen LogP) is 3.06. The number of rotatable bonds is 4. The first kappa shape index (κ1) is 15.0. The van der Waals surface area contributed by atoms with Gasteiger partial charge in [0, 0.05) is 11.4 Å². The molecule has 0 bridgehead atoms. The van der Waals surface area contributed by atoms with Crippen molar-refractivity contribution in [3.63, 3.8) is 0 Å². The quantitative estimate of drug-likeness (QED) is 0.850. The summed E-state index contributed by atoms with van der Waals surface area (Å²) in [6, 6.07) is 9.58. The highest BCUT2D eigenvalue weighted by Crippen LogP contribution is 2.22. The highest BCUT2D eigenvalue weighted by Gasteiger charge is 2.29. The number of nitriles is 1. The summed E-state index contributed by atoms with van der Waals surface area (Å²) in [5.41, 5.74) is 1.64. The Balaban J connectivity index is 2.87. The maximum absolute atomic E-state index is 12.1. The summed E-state index contributed by atoms with van der Waals surface area (Å²) in [6.07, 6.45) is 0.830. The second kappa shape index (κ2) is 6.24. The molecule has 3 nitrogen and oxygen atoms in total. The van der Waals surface area contributed by atoms with E-state index in [0.29, 0.717) is 5.56 Å². The van der Waals surface area contributed by atoms with Crippen LogP contribution in [0.25, 0.3) is 0 Å². The van der Waals surface area contributed by atoms with Crippen molar-refractivity contribution in [3.8, 4) is 6.07 Å². The highest BCUT2D eigenvalue weighted by atomic mass is 32.2. The molecule has 0 aliphatic rings. The van der Waals surface area contributed by atoms with Crippen LogP contribution in [-0.2, 0) is 11.4 Å². The molecule has 0 saturated heterocycles. The Morgan fingerprint density at radius 3 is 2.61 bits per heavy atom. The van der Waals surface area contributed by atoms with Crippen molar-refractivity contribution in [2.75, 3.05) is 0 Å². The molecule has 0 fully saturated rings. The van der Waals surface area contributed by atoms with E-state index in [0.717, 1.165) is 12.0 Å². The Kier molecular flexibility index (Phi) is 5.21. The van der Waals surface area contributed by atoms with Crippen LogP contribution < -0.4 is 4.72 Å². The zero-order chi connectivity index (χ0) is 13.8. The number of nitrogens with one attached hydrogen (secondary N) is 1. The molecule has 0 aromatic heterocycles. The highest BCUT2D eigenvalue weighted by molar-refractivity contribution is 7.90. The second-order valence-corrected chi connectivity index (χ2v) is 7.19. The van der Waals surface area contributed by atoms with Crippen LogP contribution in [0.15, 0.2) is 24.3 Å². The van der Waals surface area contributed by atoms with Gasteiger partial charge in [0.2, 0.25) is 0 Å². The van der Waals surface area contributed by atoms with Gasteiger partial charge in [-0.2, -0.15) is 5.26 Å². The Labute approximate surface area is 113 Å². The summed E-state index contributed by atoms with van der Waals surface area (Å²) in [5, 5.41) is 8.90. The lowest BCUT2D eigenvalue weighted by Gasteiger charge is -2.27. The zero-order valence-electron chi connectivity index (χ0n) is 11.4. The van der Waals surface area contributed by atoms with Gasteiger partial charge in [0.05, 0.1) is 17.7 Å². The fraction of sp³-hybridized carbons (Fsp3) is 0.500. The molecule has 0 heterocycles. The SMILES string of the molecule is CCC(N[S+]([O-])C(C)(C)C)c1cccc(C#N)c1. The van der Waals surface area contributed by atoms with E-state index >= 15 is 0 Å². The fourth-order valence-corrected chi connectivity index (χ4v) is 2.43. The van der Waals surface area contributed by atoms with Gasteiger partial charge >= 0.3 is 0 Å². The monoisotopic (exact) mass is 264 g/mol. The molecule has 0 amide bonds. The molecule has 4 heteroatoms. The van der Waals surface area contributed by atoms with Gasteiger partial charge in [0.1, 0.15) is 4.75 Å². The average Bonchev–Trinajstić information content (AvgIpc) is 2.34. The summed E-state index contributed by atoms with van der Waals surface area (Å²) >= 11 is -1.11. The molecule has 0 aliphatic heterocycles. The van der Waals surface area contributed by atoms with Crippen LogP contribution in [0, 0.1) is 11.3 Å². The molecule has 1 aromatic carbocycles. The van der Waals surface area contributed by atoms with Crippen molar-refractivity contribution in [2.24, 2.45) is 0 Å². The van der Waals surface area contributed by atoms with Crippen molar-refractivity contribution in [2.45, 2.75) is 44.9 Å². The van der Waals surface area contributed by atoms with Crippen molar-refractivity contribution < 1.29 is 4.55 Å². The van der Waals surface area contributed by atoms with Gasteiger partial charge in [-0.3, -0.25) is 0 Å². The maximum atomic E-state index is 12.1. The lowest BCUT2D eigenvalue weighted by molar-refractivity contribution is 0.519. The molecule has 1 aromatic rings. The van der Waals surface area contributed by atoms with E-state index in [1.165, 1.54) is 0 Å². The van der Waals surface area contributed by atoms with Gasteiger partial charge in [-0.25, -0.2) is 0 Å². The lowest BCUT2D eigenvalue weighted by Crippen LogP contribution is -2.41. The Morgan fingerprint density at radius 1 is 1.44 bits per heavy atom. The van der Waals surface area contributed by atoms with Crippen molar-refractivity contribution in [1.29, 1.82) is 5.26 Å². The standard InChI is InChI=1S/C14H20N2OS/c1-5-13(16-18(17)14(2,3)4)12-8-6-7-11(9-12)10-15/h6-9,13,16H,5H2,1-4H3. The molecule has 18 heavy (non-hydrogen) atoms. The van der Waals surface area contributed by atoms with Crippen LogP contribution in [-0.4, -0.2) is 9.30 Å². The normalized spacial score (nSPS) is 14.9. The molecule has 0 spiro atoms. The summed E-state index contributed by atoms with van der Waals surface area (Å²) in [4.78, 5) is 0. The molecule has 1 rings (SSSR count). The molecule has 0 saturated carbocycles.